The lowest BCUT2D eigenvalue weighted by Crippen LogP contribution is -2.16. The van der Waals surface area contributed by atoms with E-state index in [4.69, 9.17) is 4.74 Å². The minimum Gasteiger partial charge on any atom is -0.444 e. The summed E-state index contributed by atoms with van der Waals surface area (Å²) in [6.07, 6.45) is 4.16. The number of aryl methyl sites for hydroxylation is 1. The standard InChI is InChI=1S/C18H19NO2/c20-18(21-13-14-7-2-1-3-8-14)19-17-12-6-10-15-9-4-5-11-16(15)17/h1-3,6-8,10,12H,4-5,9,11,13H2,(H,19,20). The molecular weight excluding hydrogens is 262 g/mol. The van der Waals surface area contributed by atoms with Crippen LogP contribution < -0.4 is 5.32 Å². The Balaban J connectivity index is 1.63. The number of hydrogen-bond acceptors (Lipinski definition) is 2. The minimum absolute atomic E-state index is 0.293. The van der Waals surface area contributed by atoms with E-state index in [1.165, 1.54) is 24.0 Å². The van der Waals surface area contributed by atoms with Crippen molar-refractivity contribution in [1.29, 1.82) is 0 Å². The third-order valence-corrected chi connectivity index (χ3v) is 3.85. The molecule has 108 valence electrons. The summed E-state index contributed by atoms with van der Waals surface area (Å²) >= 11 is 0. The van der Waals surface area contributed by atoms with E-state index in [0.717, 1.165) is 24.1 Å². The largest absolute Gasteiger partial charge is 0.444 e. The van der Waals surface area contributed by atoms with Crippen LogP contribution in [0.2, 0.25) is 0 Å². The Morgan fingerprint density at radius 1 is 1.00 bits per heavy atom. The number of carbonyl (C=O) groups is 1. The highest BCUT2D eigenvalue weighted by atomic mass is 16.5. The zero-order valence-electron chi connectivity index (χ0n) is 12.0. The third kappa shape index (κ3) is 3.43. The molecule has 0 aromatic heterocycles. The van der Waals surface area contributed by atoms with Gasteiger partial charge in [0.2, 0.25) is 0 Å². The Bertz CT molecular complexity index is 622. The molecule has 1 aliphatic rings. The Labute approximate surface area is 124 Å². The van der Waals surface area contributed by atoms with Gasteiger partial charge >= 0.3 is 6.09 Å². The molecule has 0 heterocycles. The molecule has 3 heteroatoms. The van der Waals surface area contributed by atoms with Crippen LogP contribution in [0.3, 0.4) is 0 Å². The van der Waals surface area contributed by atoms with E-state index >= 15 is 0 Å². The summed E-state index contributed by atoms with van der Waals surface area (Å²) in [5.74, 6) is 0. The maximum Gasteiger partial charge on any atom is 0.411 e. The van der Waals surface area contributed by atoms with Crippen molar-refractivity contribution in [3.63, 3.8) is 0 Å². The molecule has 2 aromatic carbocycles. The second-order valence-corrected chi connectivity index (χ2v) is 5.34. The molecule has 0 aliphatic heterocycles. The zero-order chi connectivity index (χ0) is 14.5. The predicted molar refractivity (Wildman–Crippen MR) is 83.3 cm³/mol. The number of benzene rings is 2. The van der Waals surface area contributed by atoms with Gasteiger partial charge in [0.15, 0.2) is 0 Å². The molecule has 1 N–H and O–H groups in total. The first-order chi connectivity index (χ1) is 10.3. The molecule has 0 unspecified atom stereocenters. The number of rotatable bonds is 3. The van der Waals surface area contributed by atoms with E-state index in [1.54, 1.807) is 0 Å². The Morgan fingerprint density at radius 2 is 1.81 bits per heavy atom. The summed E-state index contributed by atoms with van der Waals surface area (Å²) in [6, 6.07) is 15.8. The fourth-order valence-electron chi connectivity index (χ4n) is 2.77. The van der Waals surface area contributed by atoms with Crippen LogP contribution in [0.15, 0.2) is 48.5 Å². The summed E-state index contributed by atoms with van der Waals surface area (Å²) in [4.78, 5) is 11.9. The van der Waals surface area contributed by atoms with Gasteiger partial charge in [-0.05, 0) is 48.4 Å². The van der Waals surface area contributed by atoms with Gasteiger partial charge in [0.05, 0.1) is 0 Å². The van der Waals surface area contributed by atoms with Crippen LogP contribution in [0.5, 0.6) is 0 Å². The van der Waals surface area contributed by atoms with Crippen LogP contribution in [0.1, 0.15) is 29.5 Å². The van der Waals surface area contributed by atoms with Crippen LogP contribution in [0.4, 0.5) is 10.5 Å². The van der Waals surface area contributed by atoms with Crippen molar-refractivity contribution >= 4 is 11.8 Å². The molecule has 0 atom stereocenters. The molecular formula is C18H19NO2. The van der Waals surface area contributed by atoms with Gasteiger partial charge in [0, 0.05) is 5.69 Å². The van der Waals surface area contributed by atoms with Crippen molar-refractivity contribution in [2.24, 2.45) is 0 Å². The van der Waals surface area contributed by atoms with Crippen molar-refractivity contribution in [1.82, 2.24) is 0 Å². The lowest BCUT2D eigenvalue weighted by atomic mass is 9.90. The van der Waals surface area contributed by atoms with Gasteiger partial charge < -0.3 is 4.74 Å². The first kappa shape index (κ1) is 13.7. The molecule has 0 radical (unpaired) electrons. The van der Waals surface area contributed by atoms with E-state index in [-0.39, 0.29) is 0 Å². The molecule has 3 nitrogen and oxygen atoms in total. The number of hydrogen-bond donors (Lipinski definition) is 1. The van der Waals surface area contributed by atoms with Crippen LogP contribution >= 0.6 is 0 Å². The molecule has 0 saturated heterocycles. The van der Waals surface area contributed by atoms with Crippen molar-refractivity contribution in [3.05, 3.63) is 65.2 Å². The summed E-state index contributed by atoms with van der Waals surface area (Å²) in [7, 11) is 0. The SMILES string of the molecule is O=C(Nc1cccc2c1CCCC2)OCc1ccccc1. The first-order valence-electron chi connectivity index (χ1n) is 7.41. The second-order valence-electron chi connectivity index (χ2n) is 5.34. The number of anilines is 1. The third-order valence-electron chi connectivity index (χ3n) is 3.85. The molecule has 21 heavy (non-hydrogen) atoms. The summed E-state index contributed by atoms with van der Waals surface area (Å²) in [5.41, 5.74) is 4.50. The molecule has 1 amide bonds. The highest BCUT2D eigenvalue weighted by Crippen LogP contribution is 2.27. The highest BCUT2D eigenvalue weighted by Gasteiger charge is 2.14. The van der Waals surface area contributed by atoms with Gasteiger partial charge in [-0.1, -0.05) is 42.5 Å². The van der Waals surface area contributed by atoms with Gasteiger partial charge in [-0.2, -0.15) is 0 Å². The summed E-state index contributed by atoms with van der Waals surface area (Å²) in [5, 5.41) is 2.88. The van der Waals surface area contributed by atoms with E-state index in [2.05, 4.69) is 11.4 Å². The Kier molecular flexibility index (Phi) is 4.20. The monoisotopic (exact) mass is 281 g/mol. The molecule has 0 fully saturated rings. The lowest BCUT2D eigenvalue weighted by Gasteiger charge is -2.19. The van der Waals surface area contributed by atoms with E-state index < -0.39 is 6.09 Å². The number of amides is 1. The highest BCUT2D eigenvalue weighted by molar-refractivity contribution is 5.86. The van der Waals surface area contributed by atoms with Crippen molar-refractivity contribution in [2.75, 3.05) is 5.32 Å². The summed E-state index contributed by atoms with van der Waals surface area (Å²) < 4.78 is 5.27. The number of ether oxygens (including phenoxy) is 1. The zero-order valence-corrected chi connectivity index (χ0v) is 12.0. The fraction of sp³-hybridized carbons (Fsp3) is 0.278. The predicted octanol–water partition coefficient (Wildman–Crippen LogP) is 4.31. The molecule has 3 rings (SSSR count). The average molecular weight is 281 g/mol. The number of carbonyl (C=O) groups excluding carboxylic acids is 1. The van der Waals surface area contributed by atoms with Crippen molar-refractivity contribution in [2.45, 2.75) is 32.3 Å². The van der Waals surface area contributed by atoms with Crippen molar-refractivity contribution < 1.29 is 9.53 Å². The maximum atomic E-state index is 11.9. The molecule has 0 spiro atoms. The smallest absolute Gasteiger partial charge is 0.411 e. The van der Waals surface area contributed by atoms with Gasteiger partial charge in [0.1, 0.15) is 6.61 Å². The first-order valence-corrected chi connectivity index (χ1v) is 7.41. The lowest BCUT2D eigenvalue weighted by molar-refractivity contribution is 0.155. The number of fused-ring (bicyclic) bond motifs is 1. The summed E-state index contributed by atoms with van der Waals surface area (Å²) in [6.45, 7) is 0.293. The van der Waals surface area contributed by atoms with Crippen LogP contribution in [0, 0.1) is 0 Å². The quantitative estimate of drug-likeness (QED) is 0.910. The van der Waals surface area contributed by atoms with Crippen LogP contribution in [0.25, 0.3) is 0 Å². The van der Waals surface area contributed by atoms with E-state index in [0.29, 0.717) is 6.61 Å². The average Bonchev–Trinajstić information content (AvgIpc) is 2.54. The molecule has 0 bridgehead atoms. The normalized spacial score (nSPS) is 13.3. The number of nitrogens with one attached hydrogen (secondary N) is 1. The van der Waals surface area contributed by atoms with Gasteiger partial charge in [-0.3, -0.25) is 5.32 Å². The molecule has 1 aliphatic carbocycles. The topological polar surface area (TPSA) is 38.3 Å². The Hall–Kier alpha value is -2.29. The van der Waals surface area contributed by atoms with Crippen molar-refractivity contribution in [3.8, 4) is 0 Å². The van der Waals surface area contributed by atoms with Gasteiger partial charge in [0.25, 0.3) is 0 Å². The molecule has 0 saturated carbocycles. The Morgan fingerprint density at radius 3 is 2.67 bits per heavy atom. The second kappa shape index (κ2) is 6.44. The minimum atomic E-state index is -0.391. The van der Waals surface area contributed by atoms with Gasteiger partial charge in [-0.25, -0.2) is 4.79 Å². The maximum absolute atomic E-state index is 11.9. The van der Waals surface area contributed by atoms with Crippen LogP contribution in [-0.2, 0) is 24.2 Å². The van der Waals surface area contributed by atoms with E-state index in [1.807, 2.05) is 42.5 Å². The molecule has 2 aromatic rings. The van der Waals surface area contributed by atoms with Gasteiger partial charge in [-0.15, -0.1) is 0 Å². The fourth-order valence-corrected chi connectivity index (χ4v) is 2.77. The van der Waals surface area contributed by atoms with Crippen LogP contribution in [-0.4, -0.2) is 6.09 Å². The van der Waals surface area contributed by atoms with E-state index in [9.17, 15) is 4.79 Å².